The topological polar surface area (TPSA) is 29.0 Å². The lowest BCUT2D eigenvalue weighted by Crippen LogP contribution is -2.12. The highest BCUT2D eigenvalue weighted by atomic mass is 79.9. The Labute approximate surface area is 151 Å². The minimum Gasteiger partial charge on any atom is -0.329 e. The van der Waals surface area contributed by atoms with Gasteiger partial charge in [0.2, 0.25) is 5.28 Å². The van der Waals surface area contributed by atoms with Crippen LogP contribution in [0, 0.1) is 0 Å². The number of fused-ring (bicyclic) bond motifs is 1. The molecule has 0 amide bonds. The molecule has 0 bridgehead atoms. The van der Waals surface area contributed by atoms with Crippen molar-refractivity contribution in [2.45, 2.75) is 0 Å². The van der Waals surface area contributed by atoms with Crippen molar-refractivity contribution in [2.24, 2.45) is 0 Å². The summed E-state index contributed by atoms with van der Waals surface area (Å²) in [6.07, 6.45) is 0. The van der Waals surface area contributed by atoms with E-state index in [-0.39, 0.29) is 5.28 Å². The Morgan fingerprint density at radius 3 is 2.45 bits per heavy atom. The second-order valence-electron chi connectivity index (χ2n) is 4.64. The van der Waals surface area contributed by atoms with Crippen LogP contribution in [0.25, 0.3) is 10.9 Å². The van der Waals surface area contributed by atoms with E-state index in [1.807, 2.05) is 36.2 Å². The van der Waals surface area contributed by atoms with Crippen LogP contribution in [-0.4, -0.2) is 17.0 Å². The molecule has 3 nitrogen and oxygen atoms in total. The first-order valence-electron chi connectivity index (χ1n) is 6.27. The lowest BCUT2D eigenvalue weighted by molar-refractivity contribution is 1.11. The average Bonchev–Trinajstić information content (AvgIpc) is 2.47. The molecule has 7 heteroatoms. The molecule has 0 atom stereocenters. The predicted molar refractivity (Wildman–Crippen MR) is 96.8 cm³/mol. The second-order valence-corrected chi connectivity index (χ2v) is 6.71. The molecule has 0 N–H and O–H groups in total. The molecule has 0 spiro atoms. The lowest BCUT2D eigenvalue weighted by atomic mass is 10.2. The number of rotatable bonds is 2. The van der Waals surface area contributed by atoms with E-state index in [0.717, 1.165) is 15.5 Å². The van der Waals surface area contributed by atoms with Crippen molar-refractivity contribution in [1.82, 2.24) is 9.97 Å². The normalized spacial score (nSPS) is 11.0. The third-order valence-corrected chi connectivity index (χ3v) is 4.59. The Kier molecular flexibility index (Phi) is 4.46. The molecule has 0 aliphatic heterocycles. The van der Waals surface area contributed by atoms with E-state index in [0.29, 0.717) is 21.4 Å². The van der Waals surface area contributed by atoms with E-state index >= 15 is 0 Å². The van der Waals surface area contributed by atoms with Gasteiger partial charge in [0.1, 0.15) is 5.82 Å². The van der Waals surface area contributed by atoms with Crippen molar-refractivity contribution in [2.75, 3.05) is 11.9 Å². The van der Waals surface area contributed by atoms with Gasteiger partial charge >= 0.3 is 0 Å². The smallest absolute Gasteiger partial charge is 0.224 e. The predicted octanol–water partition coefficient (Wildman–Crippen LogP) is 6.12. The van der Waals surface area contributed by atoms with Gasteiger partial charge in [-0.25, -0.2) is 4.98 Å². The van der Waals surface area contributed by atoms with Crippen LogP contribution < -0.4 is 4.90 Å². The molecule has 3 aromatic rings. The molecule has 3 rings (SSSR count). The number of hydrogen-bond donors (Lipinski definition) is 0. The molecule has 1 aromatic heterocycles. The van der Waals surface area contributed by atoms with E-state index in [1.54, 1.807) is 12.1 Å². The molecule has 0 aliphatic carbocycles. The average molecular weight is 418 g/mol. The minimum atomic E-state index is 0.155. The summed E-state index contributed by atoms with van der Waals surface area (Å²) >= 11 is 21.7. The Bertz CT molecular complexity index is 870. The molecule has 2 aromatic carbocycles. The summed E-state index contributed by atoms with van der Waals surface area (Å²) in [6.45, 7) is 0. The van der Waals surface area contributed by atoms with Gasteiger partial charge in [-0.15, -0.1) is 0 Å². The summed E-state index contributed by atoms with van der Waals surface area (Å²) in [7, 11) is 1.91. The first-order chi connectivity index (χ1) is 10.5. The zero-order valence-electron chi connectivity index (χ0n) is 11.3. The van der Waals surface area contributed by atoms with Crippen LogP contribution in [0.4, 0.5) is 11.5 Å². The van der Waals surface area contributed by atoms with Crippen LogP contribution in [0.3, 0.4) is 0 Å². The van der Waals surface area contributed by atoms with Crippen LogP contribution in [0.1, 0.15) is 0 Å². The van der Waals surface area contributed by atoms with Gasteiger partial charge in [-0.1, -0.05) is 45.2 Å². The van der Waals surface area contributed by atoms with Crippen molar-refractivity contribution in [1.29, 1.82) is 0 Å². The van der Waals surface area contributed by atoms with Gasteiger partial charge in [-0.2, -0.15) is 4.98 Å². The molecular formula is C15H9BrCl3N3. The van der Waals surface area contributed by atoms with Gasteiger partial charge in [0.15, 0.2) is 0 Å². The maximum Gasteiger partial charge on any atom is 0.224 e. The van der Waals surface area contributed by atoms with E-state index in [1.165, 1.54) is 0 Å². The Hall–Kier alpha value is -1.07. The fourth-order valence-corrected chi connectivity index (χ4v) is 3.02. The van der Waals surface area contributed by atoms with Gasteiger partial charge < -0.3 is 4.90 Å². The SMILES string of the molecule is CN(c1cccc(Br)c1)c1nc(Cl)nc2cc(Cl)c(Cl)cc12. The Morgan fingerprint density at radius 2 is 1.73 bits per heavy atom. The van der Waals surface area contributed by atoms with Gasteiger partial charge in [0.25, 0.3) is 0 Å². The number of hydrogen-bond acceptors (Lipinski definition) is 3. The third kappa shape index (κ3) is 3.01. The molecule has 0 saturated carbocycles. The summed E-state index contributed by atoms with van der Waals surface area (Å²) < 4.78 is 0.974. The summed E-state index contributed by atoms with van der Waals surface area (Å²) in [4.78, 5) is 10.5. The molecule has 0 saturated heterocycles. The number of benzene rings is 2. The Morgan fingerprint density at radius 1 is 1.00 bits per heavy atom. The molecule has 0 aliphatic rings. The number of nitrogens with zero attached hydrogens (tertiary/aromatic N) is 3. The Balaban J connectivity index is 2.23. The summed E-state index contributed by atoms with van der Waals surface area (Å²) in [5.74, 6) is 0.659. The third-order valence-electron chi connectivity index (χ3n) is 3.20. The quantitative estimate of drug-likeness (QED) is 0.470. The van der Waals surface area contributed by atoms with E-state index in [9.17, 15) is 0 Å². The van der Waals surface area contributed by atoms with Gasteiger partial charge in [0.05, 0.1) is 15.6 Å². The van der Waals surface area contributed by atoms with Crippen LogP contribution >= 0.6 is 50.7 Å². The van der Waals surface area contributed by atoms with Gasteiger partial charge in [0, 0.05) is 22.6 Å². The maximum absolute atomic E-state index is 6.13. The van der Waals surface area contributed by atoms with Crippen molar-refractivity contribution in [3.8, 4) is 0 Å². The molecule has 1 heterocycles. The summed E-state index contributed by atoms with van der Waals surface area (Å²) in [6, 6.07) is 11.3. The number of aromatic nitrogens is 2. The van der Waals surface area contributed by atoms with Crippen molar-refractivity contribution >= 4 is 73.1 Å². The molecule has 112 valence electrons. The number of anilines is 2. The largest absolute Gasteiger partial charge is 0.329 e. The van der Waals surface area contributed by atoms with Crippen molar-refractivity contribution in [3.63, 3.8) is 0 Å². The number of halogens is 4. The first kappa shape index (κ1) is 15.8. The molecule has 0 unspecified atom stereocenters. The highest BCUT2D eigenvalue weighted by Gasteiger charge is 2.14. The lowest BCUT2D eigenvalue weighted by Gasteiger charge is -2.20. The van der Waals surface area contributed by atoms with Gasteiger partial charge in [-0.3, -0.25) is 0 Å². The van der Waals surface area contributed by atoms with Crippen molar-refractivity contribution in [3.05, 3.63) is 56.2 Å². The summed E-state index contributed by atoms with van der Waals surface area (Å²) in [5.41, 5.74) is 1.60. The van der Waals surface area contributed by atoms with E-state index in [4.69, 9.17) is 34.8 Å². The van der Waals surface area contributed by atoms with E-state index < -0.39 is 0 Å². The minimum absolute atomic E-state index is 0.155. The van der Waals surface area contributed by atoms with Crippen LogP contribution in [0.2, 0.25) is 15.3 Å². The highest BCUT2D eigenvalue weighted by Crippen LogP contribution is 2.35. The maximum atomic E-state index is 6.13. The van der Waals surface area contributed by atoms with E-state index in [2.05, 4.69) is 25.9 Å². The zero-order chi connectivity index (χ0) is 15.9. The fraction of sp³-hybridized carbons (Fsp3) is 0.0667. The highest BCUT2D eigenvalue weighted by molar-refractivity contribution is 9.10. The monoisotopic (exact) mass is 415 g/mol. The van der Waals surface area contributed by atoms with Crippen LogP contribution in [0.15, 0.2) is 40.9 Å². The molecular weight excluding hydrogens is 408 g/mol. The molecule has 22 heavy (non-hydrogen) atoms. The van der Waals surface area contributed by atoms with Crippen LogP contribution in [-0.2, 0) is 0 Å². The first-order valence-corrected chi connectivity index (χ1v) is 8.20. The van der Waals surface area contributed by atoms with Crippen LogP contribution in [0.5, 0.6) is 0 Å². The van der Waals surface area contributed by atoms with Gasteiger partial charge in [-0.05, 0) is 41.9 Å². The van der Waals surface area contributed by atoms with Crippen molar-refractivity contribution < 1.29 is 0 Å². The fourth-order valence-electron chi connectivity index (χ4n) is 2.14. The standard InChI is InChI=1S/C15H9BrCl3N3/c1-22(9-4-2-3-8(16)5-9)14-10-6-11(17)12(18)7-13(10)20-15(19)21-14/h2-7H,1H3. The summed E-state index contributed by atoms with van der Waals surface area (Å²) in [5, 5.41) is 1.81. The molecule has 0 radical (unpaired) electrons. The second kappa shape index (κ2) is 6.20. The zero-order valence-corrected chi connectivity index (χ0v) is 15.2. The molecule has 0 fully saturated rings.